The molecule has 5 nitrogen and oxygen atoms in total. The number of nitrogens with zero attached hydrogens (tertiary/aromatic N) is 1. The van der Waals surface area contributed by atoms with Crippen LogP contribution in [-0.2, 0) is 16.1 Å². The van der Waals surface area contributed by atoms with Crippen molar-refractivity contribution in [2.75, 3.05) is 13.1 Å². The summed E-state index contributed by atoms with van der Waals surface area (Å²) in [5.41, 5.74) is 0.952. The summed E-state index contributed by atoms with van der Waals surface area (Å²) < 4.78 is 5.27. The molecule has 1 aromatic carbocycles. The average Bonchev–Trinajstić information content (AvgIpc) is 2.53. The minimum atomic E-state index is -0.910. The SMILES string of the molecule is CC(=O)C(O)C1CCN(C(=O)OCc2ccccc2)CC1. The molecule has 0 radical (unpaired) electrons. The molecule has 0 saturated carbocycles. The molecule has 21 heavy (non-hydrogen) atoms. The number of ether oxygens (including phenoxy) is 1. The number of hydrogen-bond donors (Lipinski definition) is 1. The van der Waals surface area contributed by atoms with E-state index in [2.05, 4.69) is 0 Å². The molecule has 1 unspecified atom stereocenters. The van der Waals surface area contributed by atoms with Crippen molar-refractivity contribution in [3.05, 3.63) is 35.9 Å². The first-order valence-electron chi connectivity index (χ1n) is 7.22. The number of ketones is 1. The Kier molecular flexibility index (Phi) is 5.33. The van der Waals surface area contributed by atoms with Crippen LogP contribution in [0.1, 0.15) is 25.3 Å². The Morgan fingerprint density at radius 3 is 2.48 bits per heavy atom. The Balaban J connectivity index is 1.77. The Labute approximate surface area is 124 Å². The van der Waals surface area contributed by atoms with Gasteiger partial charge < -0.3 is 14.7 Å². The summed E-state index contributed by atoms with van der Waals surface area (Å²) in [6.07, 6.45) is 0.00430. The summed E-state index contributed by atoms with van der Waals surface area (Å²) in [5.74, 6) is -0.263. The zero-order valence-corrected chi connectivity index (χ0v) is 12.2. The second-order valence-electron chi connectivity index (χ2n) is 5.42. The molecule has 2 rings (SSSR count). The normalized spacial score (nSPS) is 17.3. The van der Waals surface area contributed by atoms with Gasteiger partial charge in [0.15, 0.2) is 5.78 Å². The predicted molar refractivity (Wildman–Crippen MR) is 77.6 cm³/mol. The monoisotopic (exact) mass is 291 g/mol. The summed E-state index contributed by atoms with van der Waals surface area (Å²) >= 11 is 0. The smallest absolute Gasteiger partial charge is 0.410 e. The van der Waals surface area contributed by atoms with Crippen LogP contribution < -0.4 is 0 Å². The molecule has 1 heterocycles. The Hall–Kier alpha value is -1.88. The van der Waals surface area contributed by atoms with E-state index in [1.54, 1.807) is 4.90 Å². The van der Waals surface area contributed by atoms with Crippen LogP contribution in [-0.4, -0.2) is 41.1 Å². The Morgan fingerprint density at radius 2 is 1.90 bits per heavy atom. The first-order valence-corrected chi connectivity index (χ1v) is 7.22. The fourth-order valence-electron chi connectivity index (χ4n) is 2.54. The summed E-state index contributed by atoms with van der Waals surface area (Å²) in [6.45, 7) is 2.69. The van der Waals surface area contributed by atoms with Crippen LogP contribution in [0.3, 0.4) is 0 Å². The maximum Gasteiger partial charge on any atom is 0.410 e. The number of Topliss-reactive ketones (excluding diaryl/α,β-unsaturated/α-hetero) is 1. The van der Waals surface area contributed by atoms with E-state index >= 15 is 0 Å². The summed E-state index contributed by atoms with van der Waals surface area (Å²) in [5, 5.41) is 9.74. The van der Waals surface area contributed by atoms with Crippen molar-refractivity contribution in [1.82, 2.24) is 4.90 Å². The number of piperidine rings is 1. The third-order valence-corrected chi connectivity index (χ3v) is 3.87. The van der Waals surface area contributed by atoms with Crippen molar-refractivity contribution in [2.24, 2.45) is 5.92 Å². The number of likely N-dealkylation sites (tertiary alicyclic amines) is 1. The highest BCUT2D eigenvalue weighted by atomic mass is 16.6. The lowest BCUT2D eigenvalue weighted by atomic mass is 9.90. The van der Waals surface area contributed by atoms with E-state index in [9.17, 15) is 14.7 Å². The number of benzene rings is 1. The van der Waals surface area contributed by atoms with Gasteiger partial charge in [0.25, 0.3) is 0 Å². The summed E-state index contributed by atoms with van der Waals surface area (Å²) in [7, 11) is 0. The summed E-state index contributed by atoms with van der Waals surface area (Å²) in [6, 6.07) is 9.53. The summed E-state index contributed by atoms with van der Waals surface area (Å²) in [4.78, 5) is 24.7. The first kappa shape index (κ1) is 15.5. The number of carbonyl (C=O) groups excluding carboxylic acids is 2. The van der Waals surface area contributed by atoms with Crippen molar-refractivity contribution in [2.45, 2.75) is 32.5 Å². The van der Waals surface area contributed by atoms with Gasteiger partial charge in [-0.25, -0.2) is 4.79 Å². The van der Waals surface area contributed by atoms with Crippen LogP contribution in [0.15, 0.2) is 30.3 Å². The third-order valence-electron chi connectivity index (χ3n) is 3.87. The van der Waals surface area contributed by atoms with E-state index in [1.807, 2.05) is 30.3 Å². The molecular formula is C16H21NO4. The van der Waals surface area contributed by atoms with Gasteiger partial charge >= 0.3 is 6.09 Å². The van der Waals surface area contributed by atoms with E-state index in [0.717, 1.165) is 5.56 Å². The molecule has 1 fully saturated rings. The fraction of sp³-hybridized carbons (Fsp3) is 0.500. The average molecular weight is 291 g/mol. The van der Waals surface area contributed by atoms with Crippen molar-refractivity contribution in [3.63, 3.8) is 0 Å². The second kappa shape index (κ2) is 7.22. The molecule has 1 atom stereocenters. The van der Waals surface area contributed by atoms with Crippen LogP contribution in [0.4, 0.5) is 4.79 Å². The Bertz CT molecular complexity index is 480. The molecule has 1 saturated heterocycles. The number of hydrogen-bond acceptors (Lipinski definition) is 4. The van der Waals surface area contributed by atoms with Crippen LogP contribution in [0.5, 0.6) is 0 Å². The van der Waals surface area contributed by atoms with Gasteiger partial charge in [0.2, 0.25) is 0 Å². The number of rotatable bonds is 4. The minimum absolute atomic E-state index is 0.0549. The molecular weight excluding hydrogens is 270 g/mol. The first-order chi connectivity index (χ1) is 10.1. The Morgan fingerprint density at radius 1 is 1.29 bits per heavy atom. The molecule has 0 spiro atoms. The molecule has 0 aliphatic carbocycles. The standard InChI is InChI=1S/C16H21NO4/c1-12(18)15(19)14-7-9-17(10-8-14)16(20)21-11-13-5-3-2-4-6-13/h2-6,14-15,19H,7-11H2,1H3. The maximum atomic E-state index is 12.0. The number of aliphatic hydroxyl groups is 1. The van der Waals surface area contributed by atoms with Crippen molar-refractivity contribution < 1.29 is 19.4 Å². The molecule has 1 aliphatic rings. The molecule has 1 aromatic rings. The highest BCUT2D eigenvalue weighted by Crippen LogP contribution is 2.22. The number of carbonyl (C=O) groups is 2. The fourth-order valence-corrected chi connectivity index (χ4v) is 2.54. The largest absolute Gasteiger partial charge is 0.445 e. The molecule has 5 heteroatoms. The minimum Gasteiger partial charge on any atom is -0.445 e. The lowest BCUT2D eigenvalue weighted by Gasteiger charge is -2.32. The van der Waals surface area contributed by atoms with Crippen LogP contribution in [0.2, 0.25) is 0 Å². The zero-order valence-electron chi connectivity index (χ0n) is 12.2. The van der Waals surface area contributed by atoms with Crippen LogP contribution in [0.25, 0.3) is 0 Å². The van der Waals surface area contributed by atoms with E-state index in [1.165, 1.54) is 6.92 Å². The van der Waals surface area contributed by atoms with Gasteiger partial charge in [0.1, 0.15) is 12.7 Å². The molecule has 1 N–H and O–H groups in total. The molecule has 114 valence electrons. The highest BCUT2D eigenvalue weighted by Gasteiger charge is 2.30. The van der Waals surface area contributed by atoms with E-state index in [0.29, 0.717) is 25.9 Å². The predicted octanol–water partition coefficient (Wildman–Crippen LogP) is 1.99. The van der Waals surface area contributed by atoms with Gasteiger partial charge in [-0.1, -0.05) is 30.3 Å². The molecule has 0 bridgehead atoms. The molecule has 1 aliphatic heterocycles. The molecule has 0 aromatic heterocycles. The topological polar surface area (TPSA) is 66.8 Å². The second-order valence-corrected chi connectivity index (χ2v) is 5.42. The van der Waals surface area contributed by atoms with Gasteiger partial charge in [0.05, 0.1) is 0 Å². The van der Waals surface area contributed by atoms with E-state index in [4.69, 9.17) is 4.74 Å². The lowest BCUT2D eigenvalue weighted by molar-refractivity contribution is -0.128. The van der Waals surface area contributed by atoms with Crippen LogP contribution in [0, 0.1) is 5.92 Å². The van der Waals surface area contributed by atoms with E-state index < -0.39 is 6.10 Å². The number of aliphatic hydroxyl groups excluding tert-OH is 1. The third kappa shape index (κ3) is 4.29. The van der Waals surface area contributed by atoms with Crippen molar-refractivity contribution in [3.8, 4) is 0 Å². The van der Waals surface area contributed by atoms with Gasteiger partial charge in [0, 0.05) is 13.1 Å². The van der Waals surface area contributed by atoms with Gasteiger partial charge in [-0.05, 0) is 31.2 Å². The van der Waals surface area contributed by atoms with Gasteiger partial charge in [-0.3, -0.25) is 4.79 Å². The van der Waals surface area contributed by atoms with Crippen LogP contribution >= 0.6 is 0 Å². The lowest BCUT2D eigenvalue weighted by Crippen LogP contribution is -2.42. The molecule has 1 amide bonds. The number of amides is 1. The van der Waals surface area contributed by atoms with Crippen molar-refractivity contribution >= 4 is 11.9 Å². The highest BCUT2D eigenvalue weighted by molar-refractivity contribution is 5.80. The van der Waals surface area contributed by atoms with E-state index in [-0.39, 0.29) is 24.4 Å². The quantitative estimate of drug-likeness (QED) is 0.921. The zero-order chi connectivity index (χ0) is 15.2. The van der Waals surface area contributed by atoms with Crippen molar-refractivity contribution in [1.29, 1.82) is 0 Å². The van der Waals surface area contributed by atoms with Gasteiger partial charge in [-0.2, -0.15) is 0 Å². The van der Waals surface area contributed by atoms with Gasteiger partial charge in [-0.15, -0.1) is 0 Å². The maximum absolute atomic E-state index is 12.0.